The third kappa shape index (κ3) is 3.92. The van der Waals surface area contributed by atoms with E-state index < -0.39 is 10.1 Å². The number of rotatable bonds is 5. The number of benzene rings is 1. The summed E-state index contributed by atoms with van der Waals surface area (Å²) in [4.78, 5) is 11.5. The topological polar surface area (TPSA) is 60.4 Å². The fourth-order valence-corrected chi connectivity index (χ4v) is 3.65. The molecule has 0 saturated heterocycles. The van der Waals surface area contributed by atoms with E-state index in [0.717, 1.165) is 12.0 Å². The number of Topliss-reactive ketones (excluding diaryl/α,β-unsaturated/α-hetero) is 1. The first-order valence-electron chi connectivity index (χ1n) is 7.35. The van der Waals surface area contributed by atoms with Crippen molar-refractivity contribution in [3.8, 4) is 0 Å². The SMILES string of the molecule is CCC1(COS(=O)(=O)c2ccc(C)cc2)CCC(=O)CC1. The summed E-state index contributed by atoms with van der Waals surface area (Å²) in [6.45, 7) is 4.09. The standard InChI is InChI=1S/C16H22O4S/c1-3-16(10-8-14(17)9-11-16)12-20-21(18,19)15-6-4-13(2)5-7-15/h4-7H,3,8-12H2,1-2H3. The lowest BCUT2D eigenvalue weighted by Gasteiger charge is -2.35. The molecular formula is C16H22O4S. The highest BCUT2D eigenvalue weighted by Crippen LogP contribution is 2.38. The molecule has 4 nitrogen and oxygen atoms in total. The Morgan fingerprint density at radius 2 is 1.71 bits per heavy atom. The average molecular weight is 310 g/mol. The Hall–Kier alpha value is -1.20. The van der Waals surface area contributed by atoms with Gasteiger partial charge in [-0.1, -0.05) is 24.6 Å². The van der Waals surface area contributed by atoms with Crippen molar-refractivity contribution in [2.75, 3.05) is 6.61 Å². The van der Waals surface area contributed by atoms with Crippen LogP contribution in [0.3, 0.4) is 0 Å². The normalized spacial score (nSPS) is 18.7. The molecule has 5 heteroatoms. The summed E-state index contributed by atoms with van der Waals surface area (Å²) in [6.07, 6.45) is 3.31. The van der Waals surface area contributed by atoms with Crippen molar-refractivity contribution in [3.63, 3.8) is 0 Å². The van der Waals surface area contributed by atoms with Crippen LogP contribution >= 0.6 is 0 Å². The summed E-state index contributed by atoms with van der Waals surface area (Å²) in [5, 5.41) is 0. The molecule has 21 heavy (non-hydrogen) atoms. The minimum absolute atomic E-state index is 0.160. The average Bonchev–Trinajstić information content (AvgIpc) is 2.48. The van der Waals surface area contributed by atoms with Gasteiger partial charge in [-0.3, -0.25) is 8.98 Å². The molecule has 1 aliphatic rings. The van der Waals surface area contributed by atoms with Gasteiger partial charge in [0.25, 0.3) is 10.1 Å². The smallest absolute Gasteiger partial charge is 0.296 e. The van der Waals surface area contributed by atoms with Gasteiger partial charge in [-0.05, 0) is 43.7 Å². The summed E-state index contributed by atoms with van der Waals surface area (Å²) >= 11 is 0. The van der Waals surface area contributed by atoms with Gasteiger partial charge < -0.3 is 0 Å². The van der Waals surface area contributed by atoms with Crippen molar-refractivity contribution < 1.29 is 17.4 Å². The van der Waals surface area contributed by atoms with Crippen LogP contribution in [0.2, 0.25) is 0 Å². The van der Waals surface area contributed by atoms with Gasteiger partial charge in [-0.2, -0.15) is 8.42 Å². The zero-order chi connectivity index (χ0) is 15.5. The highest BCUT2D eigenvalue weighted by atomic mass is 32.2. The second kappa shape index (κ2) is 6.28. The molecule has 1 aliphatic carbocycles. The van der Waals surface area contributed by atoms with Crippen LogP contribution < -0.4 is 0 Å². The van der Waals surface area contributed by atoms with Crippen LogP contribution in [0.5, 0.6) is 0 Å². The third-order valence-electron chi connectivity index (χ3n) is 4.45. The molecule has 116 valence electrons. The lowest BCUT2D eigenvalue weighted by atomic mass is 9.72. The molecule has 0 aromatic heterocycles. The van der Waals surface area contributed by atoms with Crippen molar-refractivity contribution in [1.82, 2.24) is 0 Å². The van der Waals surface area contributed by atoms with Gasteiger partial charge in [0, 0.05) is 12.8 Å². The first-order valence-corrected chi connectivity index (χ1v) is 8.75. The highest BCUT2D eigenvalue weighted by Gasteiger charge is 2.35. The molecule has 1 fully saturated rings. The van der Waals surface area contributed by atoms with Gasteiger partial charge in [-0.15, -0.1) is 0 Å². The van der Waals surface area contributed by atoms with Gasteiger partial charge in [0.2, 0.25) is 0 Å². The zero-order valence-electron chi connectivity index (χ0n) is 12.6. The van der Waals surface area contributed by atoms with Gasteiger partial charge in [0.1, 0.15) is 5.78 Å². The van der Waals surface area contributed by atoms with Gasteiger partial charge in [0.15, 0.2) is 0 Å². The van der Waals surface area contributed by atoms with Crippen molar-refractivity contribution in [2.24, 2.45) is 5.41 Å². The van der Waals surface area contributed by atoms with E-state index in [0.29, 0.717) is 25.7 Å². The lowest BCUT2D eigenvalue weighted by molar-refractivity contribution is -0.122. The fraction of sp³-hybridized carbons (Fsp3) is 0.562. The maximum Gasteiger partial charge on any atom is 0.296 e. The van der Waals surface area contributed by atoms with Crippen molar-refractivity contribution in [2.45, 2.75) is 50.8 Å². The minimum Gasteiger partial charge on any atom is -0.300 e. The minimum atomic E-state index is -3.72. The van der Waals surface area contributed by atoms with E-state index in [-0.39, 0.29) is 22.7 Å². The second-order valence-electron chi connectivity index (χ2n) is 5.92. The van der Waals surface area contributed by atoms with E-state index in [2.05, 4.69) is 0 Å². The Morgan fingerprint density at radius 3 is 2.24 bits per heavy atom. The molecule has 0 bridgehead atoms. The van der Waals surface area contributed by atoms with Crippen molar-refractivity contribution >= 4 is 15.9 Å². The molecule has 1 saturated carbocycles. The largest absolute Gasteiger partial charge is 0.300 e. The van der Waals surface area contributed by atoms with Crippen LogP contribution in [0.25, 0.3) is 0 Å². The molecule has 1 aromatic carbocycles. The second-order valence-corrected chi connectivity index (χ2v) is 7.54. The van der Waals surface area contributed by atoms with Crippen LogP contribution in [0.1, 0.15) is 44.6 Å². The molecule has 0 amide bonds. The molecule has 0 spiro atoms. The molecule has 0 aliphatic heterocycles. The van der Waals surface area contributed by atoms with Gasteiger partial charge in [-0.25, -0.2) is 0 Å². The van der Waals surface area contributed by atoms with E-state index in [1.165, 1.54) is 0 Å². The molecular weight excluding hydrogens is 288 g/mol. The summed E-state index contributed by atoms with van der Waals surface area (Å²) < 4.78 is 29.7. The summed E-state index contributed by atoms with van der Waals surface area (Å²) in [5.74, 6) is 0.264. The van der Waals surface area contributed by atoms with Gasteiger partial charge in [0.05, 0.1) is 11.5 Å². The quantitative estimate of drug-likeness (QED) is 0.783. The van der Waals surface area contributed by atoms with E-state index in [1.807, 2.05) is 13.8 Å². The third-order valence-corrected chi connectivity index (χ3v) is 5.73. The monoisotopic (exact) mass is 310 g/mol. The summed E-state index contributed by atoms with van der Waals surface area (Å²) in [6, 6.07) is 6.64. The predicted octanol–water partition coefficient (Wildman–Crippen LogP) is 3.24. The molecule has 1 aromatic rings. The van der Waals surface area contributed by atoms with Crippen LogP contribution in [0, 0.1) is 12.3 Å². The van der Waals surface area contributed by atoms with E-state index in [9.17, 15) is 13.2 Å². The maximum absolute atomic E-state index is 12.2. The zero-order valence-corrected chi connectivity index (χ0v) is 13.4. The number of carbonyl (C=O) groups is 1. The predicted molar refractivity (Wildman–Crippen MR) is 80.5 cm³/mol. The van der Waals surface area contributed by atoms with Crippen LogP contribution in [-0.2, 0) is 19.1 Å². The van der Waals surface area contributed by atoms with Gasteiger partial charge >= 0.3 is 0 Å². The summed E-state index contributed by atoms with van der Waals surface area (Å²) in [7, 11) is -3.72. The van der Waals surface area contributed by atoms with E-state index >= 15 is 0 Å². The Labute approximate surface area is 126 Å². The molecule has 0 radical (unpaired) electrons. The molecule has 0 heterocycles. The maximum atomic E-state index is 12.2. The Bertz CT molecular complexity index is 592. The van der Waals surface area contributed by atoms with Crippen LogP contribution in [0.15, 0.2) is 29.2 Å². The number of aryl methyl sites for hydroxylation is 1. The highest BCUT2D eigenvalue weighted by molar-refractivity contribution is 7.86. The van der Waals surface area contributed by atoms with Crippen LogP contribution in [0.4, 0.5) is 0 Å². The fourth-order valence-electron chi connectivity index (χ4n) is 2.63. The van der Waals surface area contributed by atoms with E-state index in [1.54, 1.807) is 24.3 Å². The number of carbonyl (C=O) groups excluding carboxylic acids is 1. The molecule has 0 N–H and O–H groups in total. The molecule has 0 atom stereocenters. The Kier molecular flexibility index (Phi) is 4.84. The molecule has 2 rings (SSSR count). The number of hydrogen-bond acceptors (Lipinski definition) is 4. The first-order chi connectivity index (χ1) is 9.87. The van der Waals surface area contributed by atoms with Crippen molar-refractivity contribution in [3.05, 3.63) is 29.8 Å². The first kappa shape index (κ1) is 16.2. The number of ketones is 1. The van der Waals surface area contributed by atoms with Crippen LogP contribution in [-0.4, -0.2) is 20.8 Å². The Balaban J connectivity index is 2.06. The van der Waals surface area contributed by atoms with E-state index in [4.69, 9.17) is 4.18 Å². The summed E-state index contributed by atoms with van der Waals surface area (Å²) in [5.41, 5.74) is 0.816. The Morgan fingerprint density at radius 1 is 1.14 bits per heavy atom. The number of hydrogen-bond donors (Lipinski definition) is 0. The molecule has 0 unspecified atom stereocenters. The lowest BCUT2D eigenvalue weighted by Crippen LogP contribution is -2.32. The van der Waals surface area contributed by atoms with Crippen molar-refractivity contribution in [1.29, 1.82) is 0 Å².